The molecule has 0 aliphatic carbocycles. The smallest absolute Gasteiger partial charge is 0.222 e. The minimum absolute atomic E-state index is 0.127. The molecule has 5 heteroatoms. The molecule has 0 atom stereocenters. The fourth-order valence-electron chi connectivity index (χ4n) is 3.08. The Balaban J connectivity index is 1.42. The lowest BCUT2D eigenvalue weighted by atomic mass is 10.1. The van der Waals surface area contributed by atoms with Crippen molar-refractivity contribution in [3.05, 3.63) is 0 Å². The van der Waals surface area contributed by atoms with E-state index in [1.807, 2.05) is 0 Å². The van der Waals surface area contributed by atoms with Gasteiger partial charge < -0.3 is 20.3 Å². The van der Waals surface area contributed by atoms with Gasteiger partial charge in [-0.1, -0.05) is 6.42 Å². The second kappa shape index (κ2) is 10.1. The van der Waals surface area contributed by atoms with Crippen LogP contribution in [0.5, 0.6) is 0 Å². The maximum absolute atomic E-state index is 11.7. The van der Waals surface area contributed by atoms with Crippen LogP contribution in [0, 0.1) is 0 Å². The Morgan fingerprint density at radius 2 is 1.95 bits per heavy atom. The molecule has 0 aromatic rings. The predicted octanol–water partition coefficient (Wildman–Crippen LogP) is 1.14. The number of amides is 1. The molecular formula is C16H31N3O2. The normalized spacial score (nSPS) is 21.3. The molecule has 0 bridgehead atoms. The zero-order valence-electron chi connectivity index (χ0n) is 13.2. The predicted molar refractivity (Wildman–Crippen MR) is 84.4 cm³/mol. The van der Waals surface area contributed by atoms with Crippen LogP contribution >= 0.6 is 0 Å². The van der Waals surface area contributed by atoms with Gasteiger partial charge in [-0.25, -0.2) is 0 Å². The van der Waals surface area contributed by atoms with Gasteiger partial charge in [0.2, 0.25) is 5.91 Å². The Labute approximate surface area is 128 Å². The van der Waals surface area contributed by atoms with Gasteiger partial charge in [-0.3, -0.25) is 4.79 Å². The molecule has 5 nitrogen and oxygen atoms in total. The third-order valence-corrected chi connectivity index (χ3v) is 4.39. The highest BCUT2D eigenvalue weighted by Gasteiger charge is 2.13. The number of nitrogens with zero attached hydrogens (tertiary/aromatic N) is 1. The summed E-state index contributed by atoms with van der Waals surface area (Å²) in [5.74, 6) is 0.127. The molecule has 2 N–H and O–H groups in total. The highest BCUT2D eigenvalue weighted by Crippen LogP contribution is 2.08. The Bertz CT molecular complexity index is 287. The molecular weight excluding hydrogens is 266 g/mol. The van der Waals surface area contributed by atoms with Gasteiger partial charge >= 0.3 is 0 Å². The van der Waals surface area contributed by atoms with Gasteiger partial charge in [0, 0.05) is 13.0 Å². The van der Waals surface area contributed by atoms with Gasteiger partial charge in [0.1, 0.15) is 0 Å². The van der Waals surface area contributed by atoms with Crippen LogP contribution in [-0.4, -0.2) is 62.8 Å². The van der Waals surface area contributed by atoms with Crippen molar-refractivity contribution in [2.75, 3.05) is 45.9 Å². The first kappa shape index (κ1) is 16.7. The van der Waals surface area contributed by atoms with Crippen molar-refractivity contribution in [1.29, 1.82) is 0 Å². The van der Waals surface area contributed by atoms with E-state index in [1.54, 1.807) is 0 Å². The second-order valence-electron chi connectivity index (χ2n) is 6.18. The summed E-state index contributed by atoms with van der Waals surface area (Å²) in [6.45, 7) is 7.01. The SMILES string of the molecule is O=C(CCOC1CCNCC1)NCCCN1CCCCC1. The van der Waals surface area contributed by atoms with Crippen LogP contribution in [0.2, 0.25) is 0 Å². The Morgan fingerprint density at radius 3 is 2.71 bits per heavy atom. The average molecular weight is 297 g/mol. The van der Waals surface area contributed by atoms with E-state index in [9.17, 15) is 4.79 Å². The molecule has 2 heterocycles. The first-order valence-corrected chi connectivity index (χ1v) is 8.66. The van der Waals surface area contributed by atoms with Gasteiger partial charge in [-0.2, -0.15) is 0 Å². The van der Waals surface area contributed by atoms with Crippen LogP contribution in [0.25, 0.3) is 0 Å². The Kier molecular flexibility index (Phi) is 8.07. The fourth-order valence-corrected chi connectivity index (χ4v) is 3.08. The molecule has 2 fully saturated rings. The van der Waals surface area contributed by atoms with E-state index in [0.717, 1.165) is 45.4 Å². The summed E-state index contributed by atoms with van der Waals surface area (Å²) in [5, 5.41) is 6.31. The second-order valence-corrected chi connectivity index (χ2v) is 6.18. The summed E-state index contributed by atoms with van der Waals surface area (Å²) < 4.78 is 5.75. The molecule has 122 valence electrons. The highest BCUT2D eigenvalue weighted by molar-refractivity contribution is 5.75. The fraction of sp³-hybridized carbons (Fsp3) is 0.938. The van der Waals surface area contributed by atoms with E-state index < -0.39 is 0 Å². The molecule has 2 aliphatic heterocycles. The zero-order valence-corrected chi connectivity index (χ0v) is 13.2. The summed E-state index contributed by atoms with van der Waals surface area (Å²) in [5.41, 5.74) is 0. The lowest BCUT2D eigenvalue weighted by Gasteiger charge is -2.26. The van der Waals surface area contributed by atoms with Crippen LogP contribution in [0.4, 0.5) is 0 Å². The number of hydrogen-bond acceptors (Lipinski definition) is 4. The number of piperidine rings is 2. The summed E-state index contributed by atoms with van der Waals surface area (Å²) >= 11 is 0. The minimum Gasteiger partial charge on any atom is -0.378 e. The number of ether oxygens (including phenoxy) is 1. The maximum atomic E-state index is 11.7. The van der Waals surface area contributed by atoms with Crippen molar-refractivity contribution in [1.82, 2.24) is 15.5 Å². The number of carbonyl (C=O) groups is 1. The summed E-state index contributed by atoms with van der Waals surface area (Å²) in [4.78, 5) is 14.2. The Hall–Kier alpha value is -0.650. The van der Waals surface area contributed by atoms with Crippen LogP contribution in [0.1, 0.15) is 44.9 Å². The molecule has 21 heavy (non-hydrogen) atoms. The number of carbonyl (C=O) groups excluding carboxylic acids is 1. The summed E-state index contributed by atoms with van der Waals surface area (Å²) in [6.07, 6.45) is 8.08. The molecule has 0 unspecified atom stereocenters. The first-order chi connectivity index (χ1) is 10.3. The number of likely N-dealkylation sites (tertiary alicyclic amines) is 1. The van der Waals surface area contributed by atoms with E-state index >= 15 is 0 Å². The molecule has 0 saturated carbocycles. The number of nitrogens with one attached hydrogen (secondary N) is 2. The summed E-state index contributed by atoms with van der Waals surface area (Å²) in [7, 11) is 0. The van der Waals surface area contributed by atoms with E-state index in [0.29, 0.717) is 19.1 Å². The minimum atomic E-state index is 0.127. The molecule has 0 aromatic heterocycles. The maximum Gasteiger partial charge on any atom is 0.222 e. The van der Waals surface area contributed by atoms with Gasteiger partial charge in [-0.15, -0.1) is 0 Å². The quantitative estimate of drug-likeness (QED) is 0.660. The highest BCUT2D eigenvalue weighted by atomic mass is 16.5. The molecule has 0 spiro atoms. The van der Waals surface area contributed by atoms with E-state index in [1.165, 1.54) is 32.4 Å². The topological polar surface area (TPSA) is 53.6 Å². The summed E-state index contributed by atoms with van der Waals surface area (Å²) in [6, 6.07) is 0. The van der Waals surface area contributed by atoms with Crippen LogP contribution in [0.3, 0.4) is 0 Å². The largest absolute Gasteiger partial charge is 0.378 e. The monoisotopic (exact) mass is 297 g/mol. The van der Waals surface area contributed by atoms with Crippen LogP contribution in [-0.2, 0) is 9.53 Å². The van der Waals surface area contributed by atoms with Crippen LogP contribution in [0.15, 0.2) is 0 Å². The van der Waals surface area contributed by atoms with Crippen molar-refractivity contribution in [2.24, 2.45) is 0 Å². The molecule has 2 rings (SSSR count). The number of hydrogen-bond donors (Lipinski definition) is 2. The lowest BCUT2D eigenvalue weighted by Crippen LogP contribution is -2.34. The van der Waals surface area contributed by atoms with E-state index in [-0.39, 0.29) is 5.91 Å². The molecule has 0 aromatic carbocycles. The van der Waals surface area contributed by atoms with Crippen molar-refractivity contribution in [3.8, 4) is 0 Å². The van der Waals surface area contributed by atoms with E-state index in [2.05, 4.69) is 15.5 Å². The third kappa shape index (κ3) is 7.25. The zero-order chi connectivity index (χ0) is 14.8. The van der Waals surface area contributed by atoms with Crippen molar-refractivity contribution in [2.45, 2.75) is 51.0 Å². The molecule has 1 amide bonds. The van der Waals surface area contributed by atoms with E-state index in [4.69, 9.17) is 4.74 Å². The van der Waals surface area contributed by atoms with Crippen LogP contribution < -0.4 is 10.6 Å². The lowest BCUT2D eigenvalue weighted by molar-refractivity contribution is -0.122. The Morgan fingerprint density at radius 1 is 1.19 bits per heavy atom. The van der Waals surface area contributed by atoms with Gasteiger partial charge in [0.05, 0.1) is 12.7 Å². The standard InChI is InChI=1S/C16H31N3O2/c20-16(7-14-21-15-5-9-17-10-6-15)18-8-4-13-19-11-2-1-3-12-19/h15,17H,1-14H2,(H,18,20). The molecule has 2 saturated heterocycles. The molecule has 0 radical (unpaired) electrons. The van der Waals surface area contributed by atoms with Gasteiger partial charge in [-0.05, 0) is 64.8 Å². The van der Waals surface area contributed by atoms with Crippen molar-refractivity contribution >= 4 is 5.91 Å². The van der Waals surface area contributed by atoms with Crippen molar-refractivity contribution < 1.29 is 9.53 Å². The number of rotatable bonds is 8. The van der Waals surface area contributed by atoms with Crippen molar-refractivity contribution in [3.63, 3.8) is 0 Å². The first-order valence-electron chi connectivity index (χ1n) is 8.66. The average Bonchev–Trinajstić information content (AvgIpc) is 2.54. The van der Waals surface area contributed by atoms with Gasteiger partial charge in [0.15, 0.2) is 0 Å². The third-order valence-electron chi connectivity index (χ3n) is 4.39. The van der Waals surface area contributed by atoms with Gasteiger partial charge in [0.25, 0.3) is 0 Å². The molecule has 2 aliphatic rings.